The Morgan fingerprint density at radius 3 is 2.56 bits per heavy atom. The van der Waals surface area contributed by atoms with Gasteiger partial charge in [0.05, 0.1) is 11.5 Å². The van der Waals surface area contributed by atoms with E-state index in [2.05, 4.69) is 15.0 Å². The highest BCUT2D eigenvalue weighted by Crippen LogP contribution is 2.41. The summed E-state index contributed by atoms with van der Waals surface area (Å²) >= 11 is 1.11. The Morgan fingerprint density at radius 2 is 2.16 bits per heavy atom. The van der Waals surface area contributed by atoms with Crippen LogP contribution in [0.1, 0.15) is 33.4 Å². The van der Waals surface area contributed by atoms with Gasteiger partial charge in [0.1, 0.15) is 12.8 Å². The van der Waals surface area contributed by atoms with E-state index in [-0.39, 0.29) is 30.4 Å². The van der Waals surface area contributed by atoms with Crippen molar-refractivity contribution < 1.29 is 27.4 Å². The van der Waals surface area contributed by atoms with Crippen molar-refractivity contribution >= 4 is 44.2 Å². The molecular formula is C13H20N4O6S2. The van der Waals surface area contributed by atoms with E-state index in [1.54, 1.807) is 0 Å². The highest BCUT2D eigenvalue weighted by molar-refractivity contribution is 7.84. The summed E-state index contributed by atoms with van der Waals surface area (Å²) < 4.78 is 31.9. The summed E-state index contributed by atoms with van der Waals surface area (Å²) in [7, 11) is -3.43. The molecule has 0 saturated carbocycles. The third-order valence-corrected chi connectivity index (χ3v) is 5.49. The van der Waals surface area contributed by atoms with Gasteiger partial charge >= 0.3 is 10.3 Å². The first-order valence-electron chi connectivity index (χ1n) is 6.67. The van der Waals surface area contributed by atoms with E-state index in [9.17, 15) is 18.0 Å². The number of hydrogen-bond donors (Lipinski definition) is 2. The molecule has 3 N–H and O–H groups in total. The minimum atomic E-state index is -4.68. The smallest absolute Gasteiger partial charge is 0.362 e. The molecule has 2 heterocycles. The number of β-lactam (4-membered cyclic amide) rings is 1. The lowest BCUT2D eigenvalue weighted by atomic mass is 9.75. The number of anilines is 1. The molecule has 1 fully saturated rings. The number of nitrogens with zero attached hydrogens (tertiary/aromatic N) is 3. The molecule has 1 atom stereocenters. The number of carbonyl (C=O) groups excluding carboxylic acids is 2. The van der Waals surface area contributed by atoms with Gasteiger partial charge in [0.2, 0.25) is 5.91 Å². The Hall–Kier alpha value is -2.05. The second-order valence-electron chi connectivity index (χ2n) is 5.61. The topological polar surface area (TPSA) is 152 Å². The molecule has 1 aliphatic rings. The molecule has 0 radical (unpaired) electrons. The second-order valence-corrected chi connectivity index (χ2v) is 7.76. The molecule has 1 saturated heterocycles. The number of oxime groups is 1. The summed E-state index contributed by atoms with van der Waals surface area (Å²) in [6.07, 6.45) is -0.308. The Bertz CT molecular complexity index is 814. The summed E-state index contributed by atoms with van der Waals surface area (Å²) in [5, 5.41) is 5.38. The average molecular weight is 392 g/mol. The van der Waals surface area contributed by atoms with Crippen molar-refractivity contribution in [2.24, 2.45) is 11.1 Å². The third kappa shape index (κ3) is 3.80. The molecule has 1 amide bonds. The number of carbonyl (C=O) groups is 2. The van der Waals surface area contributed by atoms with E-state index in [0.717, 1.165) is 11.3 Å². The molecule has 12 heteroatoms. The zero-order valence-corrected chi connectivity index (χ0v) is 14.7. The largest absolute Gasteiger partial charge is 0.398 e. The molecule has 1 aliphatic heterocycles. The van der Waals surface area contributed by atoms with Gasteiger partial charge in [-0.25, -0.2) is 9.29 Å². The molecule has 1 unspecified atom stereocenters. The van der Waals surface area contributed by atoms with Crippen LogP contribution in [0.4, 0.5) is 5.13 Å². The summed E-state index contributed by atoms with van der Waals surface area (Å²) in [5.74, 6) is -2.33. The predicted octanol–water partition coefficient (Wildman–Crippen LogP) is 0.711. The third-order valence-electron chi connectivity index (χ3n) is 3.71. The summed E-state index contributed by atoms with van der Waals surface area (Å²) in [6, 6.07) is 0. The summed E-state index contributed by atoms with van der Waals surface area (Å²) in [5.41, 5.74) is 4.39. The lowest BCUT2D eigenvalue weighted by Crippen LogP contribution is -2.69. The Morgan fingerprint density at radius 1 is 1.56 bits per heavy atom. The number of hydrogen-bond acceptors (Lipinski definition) is 9. The van der Waals surface area contributed by atoms with Crippen LogP contribution in [-0.2, 0) is 24.7 Å². The zero-order valence-electron chi connectivity index (χ0n) is 13.1. The van der Waals surface area contributed by atoms with Crippen molar-refractivity contribution in [3.8, 4) is 0 Å². The highest BCUT2D eigenvalue weighted by Gasteiger charge is 2.59. The van der Waals surface area contributed by atoms with Gasteiger partial charge in [-0.05, 0) is 13.8 Å². The van der Waals surface area contributed by atoms with Crippen LogP contribution in [0.5, 0.6) is 0 Å². The minimum absolute atomic E-state index is 0. The Labute approximate surface area is 149 Å². The number of thiazole rings is 1. The maximum Gasteiger partial charge on any atom is 0.362 e. The molecule has 10 nitrogen and oxygen atoms in total. The normalized spacial score (nSPS) is 19.8. The lowest BCUT2D eigenvalue weighted by Gasteiger charge is -2.50. The first kappa shape index (κ1) is 21.0. The van der Waals surface area contributed by atoms with Crippen LogP contribution in [-0.4, -0.2) is 52.3 Å². The maximum atomic E-state index is 12.5. The fourth-order valence-corrected chi connectivity index (χ4v) is 4.19. The van der Waals surface area contributed by atoms with Crippen LogP contribution in [0.15, 0.2) is 10.5 Å². The summed E-state index contributed by atoms with van der Waals surface area (Å²) in [6.45, 7) is 2.88. The van der Waals surface area contributed by atoms with Crippen molar-refractivity contribution in [3.05, 3.63) is 11.1 Å². The molecular weight excluding hydrogens is 372 g/mol. The predicted molar refractivity (Wildman–Crippen MR) is 92.4 cm³/mol. The van der Waals surface area contributed by atoms with Gasteiger partial charge in [0.15, 0.2) is 16.6 Å². The van der Waals surface area contributed by atoms with E-state index in [0.29, 0.717) is 4.31 Å². The average Bonchev–Trinajstić information content (AvgIpc) is 2.86. The van der Waals surface area contributed by atoms with E-state index >= 15 is 0 Å². The minimum Gasteiger partial charge on any atom is -0.398 e. The maximum absolute atomic E-state index is 12.5. The van der Waals surface area contributed by atoms with Crippen LogP contribution in [0.25, 0.3) is 0 Å². The first-order chi connectivity index (χ1) is 11.0. The fourth-order valence-electron chi connectivity index (χ4n) is 2.56. The first-order valence-corrected chi connectivity index (χ1v) is 8.95. The molecule has 1 aromatic rings. The Balaban J connectivity index is 0.00000312. The molecule has 0 bridgehead atoms. The van der Waals surface area contributed by atoms with Gasteiger partial charge in [0.25, 0.3) is 0 Å². The molecule has 0 aromatic carbocycles. The molecule has 140 valence electrons. The quantitative estimate of drug-likeness (QED) is 0.311. The number of Topliss-reactive ketones (excluding diaryl/α,β-unsaturated/α-hetero) is 1. The zero-order chi connectivity index (χ0) is 18.3. The van der Waals surface area contributed by atoms with Crippen LogP contribution in [0.2, 0.25) is 0 Å². The van der Waals surface area contributed by atoms with Gasteiger partial charge in [-0.1, -0.05) is 12.6 Å². The lowest BCUT2D eigenvalue weighted by molar-refractivity contribution is -0.156. The van der Waals surface area contributed by atoms with Crippen molar-refractivity contribution in [3.63, 3.8) is 0 Å². The van der Waals surface area contributed by atoms with Crippen molar-refractivity contribution in [1.82, 2.24) is 9.29 Å². The van der Waals surface area contributed by atoms with Gasteiger partial charge in [-0.2, -0.15) is 8.42 Å². The van der Waals surface area contributed by atoms with Gasteiger partial charge in [0, 0.05) is 11.8 Å². The number of nitrogens with two attached hydrogens (primary N) is 1. The highest BCUT2D eigenvalue weighted by atomic mass is 32.2. The number of rotatable bonds is 6. The van der Waals surface area contributed by atoms with Gasteiger partial charge < -0.3 is 10.6 Å². The van der Waals surface area contributed by atoms with Crippen LogP contribution < -0.4 is 5.73 Å². The van der Waals surface area contributed by atoms with E-state index < -0.39 is 33.5 Å². The van der Waals surface area contributed by atoms with E-state index in [1.807, 2.05) is 0 Å². The summed E-state index contributed by atoms with van der Waals surface area (Å²) in [4.78, 5) is 33.1. The SMILES string of the molecule is C.CO/N=C(\C(=O)CC1C(=O)N(S(=O)(=O)O)C1(C)C)c1csc(N)n1. The monoisotopic (exact) mass is 392 g/mol. The van der Waals surface area contributed by atoms with E-state index in [4.69, 9.17) is 10.3 Å². The van der Waals surface area contributed by atoms with Crippen LogP contribution >= 0.6 is 11.3 Å². The molecule has 2 rings (SSSR count). The standard InChI is InChI=1S/C12H16N4O6S2.CH4/c1-12(2)6(10(18)16(12)24(19,20)21)4-8(17)9(15-22-3)7-5-23-11(13)14-7;/h5-6H,4H2,1-3H3,(H2,13,14)(H,19,20,21);1H4/b15-9-;. The number of nitrogen functional groups attached to an aromatic ring is 1. The van der Waals surface area contributed by atoms with Crippen molar-refractivity contribution in [2.45, 2.75) is 33.2 Å². The molecule has 25 heavy (non-hydrogen) atoms. The molecule has 1 aromatic heterocycles. The molecule has 0 spiro atoms. The number of amides is 1. The van der Waals surface area contributed by atoms with Crippen LogP contribution in [0, 0.1) is 5.92 Å². The number of aromatic nitrogens is 1. The van der Waals surface area contributed by atoms with E-state index in [1.165, 1.54) is 26.3 Å². The second kappa shape index (κ2) is 7.06. The van der Waals surface area contributed by atoms with Crippen LogP contribution in [0.3, 0.4) is 0 Å². The van der Waals surface area contributed by atoms with Crippen molar-refractivity contribution in [1.29, 1.82) is 0 Å². The van der Waals surface area contributed by atoms with Gasteiger partial charge in [-0.15, -0.1) is 11.3 Å². The fraction of sp³-hybridized carbons (Fsp3) is 0.538. The Kier molecular flexibility index (Phi) is 5.93. The van der Waals surface area contributed by atoms with Gasteiger partial charge in [-0.3, -0.25) is 14.1 Å². The van der Waals surface area contributed by atoms with Crippen molar-refractivity contribution in [2.75, 3.05) is 12.8 Å². The number of ketones is 1. The molecule has 0 aliphatic carbocycles.